The molecular weight excluding hydrogens is 324 g/mol. The fourth-order valence-corrected chi connectivity index (χ4v) is 2.27. The van der Waals surface area contributed by atoms with Gasteiger partial charge in [0.2, 0.25) is 0 Å². The van der Waals surface area contributed by atoms with Crippen molar-refractivity contribution in [3.05, 3.63) is 75.8 Å². The Morgan fingerprint density at radius 2 is 2.04 bits per heavy atom. The van der Waals surface area contributed by atoms with Crippen molar-refractivity contribution in [1.29, 1.82) is 0 Å². The van der Waals surface area contributed by atoms with Crippen LogP contribution in [0, 0.1) is 10.1 Å². The molecule has 0 saturated carbocycles. The fourth-order valence-electron chi connectivity index (χ4n) is 2.27. The normalized spacial score (nSPS) is 11.9. The Hall–Kier alpha value is -3.19. The van der Waals surface area contributed by atoms with E-state index in [0.29, 0.717) is 5.56 Å². The lowest BCUT2D eigenvalue weighted by Crippen LogP contribution is -2.15. The Kier molecular flexibility index (Phi) is 6.25. The van der Waals surface area contributed by atoms with Crippen molar-refractivity contribution in [3.8, 4) is 0 Å². The van der Waals surface area contributed by atoms with Crippen LogP contribution in [0.4, 0.5) is 11.4 Å². The molecule has 0 spiro atoms. The van der Waals surface area contributed by atoms with E-state index in [-0.39, 0.29) is 18.0 Å². The van der Waals surface area contributed by atoms with Gasteiger partial charge in [-0.25, -0.2) is 4.79 Å². The van der Waals surface area contributed by atoms with Crippen LogP contribution in [0.3, 0.4) is 0 Å². The van der Waals surface area contributed by atoms with Gasteiger partial charge in [-0.05, 0) is 23.3 Å². The third kappa shape index (κ3) is 4.89. The van der Waals surface area contributed by atoms with Gasteiger partial charge in [0.05, 0.1) is 24.7 Å². The molecule has 0 amide bonds. The molecule has 0 aromatic heterocycles. The second-order valence-electron chi connectivity index (χ2n) is 5.18. The molecule has 2 aromatic carbocycles. The monoisotopic (exact) mass is 342 g/mol. The molecule has 2 aromatic rings. The lowest BCUT2D eigenvalue weighted by Gasteiger charge is -2.18. The number of methoxy groups -OCH3 is 1. The van der Waals surface area contributed by atoms with Crippen LogP contribution in [-0.4, -0.2) is 29.7 Å². The van der Waals surface area contributed by atoms with Crippen LogP contribution in [0.5, 0.6) is 0 Å². The van der Waals surface area contributed by atoms with Gasteiger partial charge in [-0.3, -0.25) is 10.1 Å². The van der Waals surface area contributed by atoms with Gasteiger partial charge in [-0.1, -0.05) is 36.4 Å². The van der Waals surface area contributed by atoms with Crippen LogP contribution in [0.2, 0.25) is 0 Å². The summed E-state index contributed by atoms with van der Waals surface area (Å²) in [6, 6.07) is 13.2. The van der Waals surface area contributed by atoms with E-state index in [0.717, 1.165) is 5.56 Å². The maximum absolute atomic E-state index is 11.4. The summed E-state index contributed by atoms with van der Waals surface area (Å²) in [4.78, 5) is 22.0. The molecule has 7 nitrogen and oxygen atoms in total. The number of nitrogens with zero attached hydrogens (tertiary/aromatic N) is 1. The number of aliphatic hydroxyl groups is 1. The van der Waals surface area contributed by atoms with Crippen LogP contribution in [0.1, 0.15) is 17.2 Å². The molecule has 7 heteroatoms. The number of ether oxygens (including phenoxy) is 1. The van der Waals surface area contributed by atoms with Crippen molar-refractivity contribution in [2.24, 2.45) is 0 Å². The highest BCUT2D eigenvalue weighted by Gasteiger charge is 2.18. The van der Waals surface area contributed by atoms with E-state index in [1.165, 1.54) is 25.3 Å². The molecule has 0 aliphatic carbocycles. The van der Waals surface area contributed by atoms with E-state index in [9.17, 15) is 20.0 Å². The number of hydrogen-bond acceptors (Lipinski definition) is 6. The Balaban J connectivity index is 2.29. The van der Waals surface area contributed by atoms with Gasteiger partial charge in [0.25, 0.3) is 5.69 Å². The largest absolute Gasteiger partial charge is 0.466 e. The van der Waals surface area contributed by atoms with E-state index in [4.69, 9.17) is 0 Å². The number of rotatable bonds is 7. The standard InChI is InChI=1S/C18H18N2O5/c1-25-18(22)10-8-13-7-9-15(17(11-13)20(23)24)19-16(12-21)14-5-3-2-4-6-14/h2-11,16,19,21H,12H2,1H3/b10-8-/t16-/m1/s1. The number of nitro groups is 1. The Morgan fingerprint density at radius 3 is 2.64 bits per heavy atom. The second-order valence-corrected chi connectivity index (χ2v) is 5.18. The summed E-state index contributed by atoms with van der Waals surface area (Å²) >= 11 is 0. The zero-order valence-corrected chi connectivity index (χ0v) is 13.6. The third-order valence-electron chi connectivity index (χ3n) is 3.55. The molecule has 0 saturated heterocycles. The zero-order chi connectivity index (χ0) is 18.2. The van der Waals surface area contributed by atoms with Crippen molar-refractivity contribution in [3.63, 3.8) is 0 Å². The van der Waals surface area contributed by atoms with Crippen molar-refractivity contribution in [2.45, 2.75) is 6.04 Å². The number of esters is 1. The number of anilines is 1. The first-order valence-electron chi connectivity index (χ1n) is 7.52. The molecular formula is C18H18N2O5. The number of carbonyl (C=O) groups is 1. The van der Waals surface area contributed by atoms with Crippen molar-refractivity contribution in [1.82, 2.24) is 0 Å². The number of benzene rings is 2. The molecule has 0 aliphatic rings. The Morgan fingerprint density at radius 1 is 1.32 bits per heavy atom. The van der Waals surface area contributed by atoms with Crippen LogP contribution >= 0.6 is 0 Å². The summed E-state index contributed by atoms with van der Waals surface area (Å²) in [7, 11) is 1.25. The smallest absolute Gasteiger partial charge is 0.330 e. The average Bonchev–Trinajstić information content (AvgIpc) is 2.65. The lowest BCUT2D eigenvalue weighted by molar-refractivity contribution is -0.384. The summed E-state index contributed by atoms with van der Waals surface area (Å²) < 4.78 is 4.49. The van der Waals surface area contributed by atoms with E-state index in [2.05, 4.69) is 10.1 Å². The SMILES string of the molecule is COC(=O)/C=C\c1ccc(N[C@H](CO)c2ccccc2)c([N+](=O)[O-])c1. The quantitative estimate of drug-likeness (QED) is 0.347. The van der Waals surface area contributed by atoms with Gasteiger partial charge in [-0.15, -0.1) is 0 Å². The van der Waals surface area contributed by atoms with Crippen LogP contribution < -0.4 is 5.32 Å². The fraction of sp³-hybridized carbons (Fsp3) is 0.167. The van der Waals surface area contributed by atoms with Gasteiger partial charge in [-0.2, -0.15) is 0 Å². The molecule has 25 heavy (non-hydrogen) atoms. The van der Waals surface area contributed by atoms with E-state index < -0.39 is 16.9 Å². The molecule has 2 N–H and O–H groups in total. The Labute approximate surface area is 144 Å². The molecule has 130 valence electrons. The van der Waals surface area contributed by atoms with Gasteiger partial charge in [0, 0.05) is 12.1 Å². The minimum Gasteiger partial charge on any atom is -0.466 e. The first-order valence-corrected chi connectivity index (χ1v) is 7.52. The van der Waals surface area contributed by atoms with Crippen LogP contribution in [0.15, 0.2) is 54.6 Å². The molecule has 0 radical (unpaired) electrons. The summed E-state index contributed by atoms with van der Waals surface area (Å²) in [5.74, 6) is -0.547. The molecule has 0 heterocycles. The van der Waals surface area contributed by atoms with Crippen LogP contribution in [0.25, 0.3) is 6.08 Å². The second kappa shape index (κ2) is 8.60. The minimum absolute atomic E-state index is 0.151. The van der Waals surface area contributed by atoms with Gasteiger partial charge in [0.1, 0.15) is 5.69 Å². The first-order chi connectivity index (χ1) is 12.0. The van der Waals surface area contributed by atoms with Gasteiger partial charge < -0.3 is 15.2 Å². The van der Waals surface area contributed by atoms with E-state index in [1.807, 2.05) is 30.3 Å². The van der Waals surface area contributed by atoms with Gasteiger partial charge >= 0.3 is 5.97 Å². The number of hydrogen-bond donors (Lipinski definition) is 2. The first kappa shape index (κ1) is 18.2. The predicted molar refractivity (Wildman–Crippen MR) is 94.0 cm³/mol. The third-order valence-corrected chi connectivity index (χ3v) is 3.55. The summed E-state index contributed by atoms with van der Waals surface area (Å²) in [5.41, 5.74) is 1.43. The van der Waals surface area contributed by atoms with E-state index in [1.54, 1.807) is 12.1 Å². The molecule has 0 bridgehead atoms. The maximum atomic E-state index is 11.4. The topological polar surface area (TPSA) is 102 Å². The van der Waals surface area contributed by atoms with Gasteiger partial charge in [0.15, 0.2) is 0 Å². The highest BCUT2D eigenvalue weighted by atomic mass is 16.6. The lowest BCUT2D eigenvalue weighted by atomic mass is 10.1. The zero-order valence-electron chi connectivity index (χ0n) is 13.6. The molecule has 1 atom stereocenters. The number of nitrogens with one attached hydrogen (secondary N) is 1. The summed E-state index contributed by atoms with van der Waals surface area (Å²) in [5, 5.41) is 24.0. The van der Waals surface area contributed by atoms with Crippen molar-refractivity contribution >= 4 is 23.4 Å². The molecule has 2 rings (SSSR count). The summed E-state index contributed by atoms with van der Waals surface area (Å²) in [6.07, 6.45) is 2.62. The summed E-state index contributed by atoms with van der Waals surface area (Å²) in [6.45, 7) is -0.217. The highest BCUT2D eigenvalue weighted by molar-refractivity contribution is 5.87. The average molecular weight is 342 g/mol. The van der Waals surface area contributed by atoms with E-state index >= 15 is 0 Å². The van der Waals surface area contributed by atoms with Crippen LogP contribution in [-0.2, 0) is 9.53 Å². The predicted octanol–water partition coefficient (Wildman–Crippen LogP) is 2.93. The maximum Gasteiger partial charge on any atom is 0.330 e. The molecule has 0 fully saturated rings. The molecule has 0 unspecified atom stereocenters. The minimum atomic E-state index is -0.547. The number of carbonyl (C=O) groups excluding carboxylic acids is 1. The number of aliphatic hydroxyl groups excluding tert-OH is 1. The highest BCUT2D eigenvalue weighted by Crippen LogP contribution is 2.29. The number of nitro benzene ring substituents is 1. The van der Waals surface area contributed by atoms with Crippen molar-refractivity contribution in [2.75, 3.05) is 19.0 Å². The van der Waals surface area contributed by atoms with Crippen molar-refractivity contribution < 1.29 is 19.6 Å². The Bertz CT molecular complexity index is 774. The molecule has 0 aliphatic heterocycles.